The molecule has 10 heteroatoms. The molecule has 6 nitrogen and oxygen atoms in total. The summed E-state index contributed by atoms with van der Waals surface area (Å²) in [7, 11) is -1.70. The Kier molecular flexibility index (Phi) is 6.53. The number of nitrogens with zero attached hydrogens (tertiary/aromatic N) is 1. The Morgan fingerprint density at radius 1 is 1.25 bits per heavy atom. The molecule has 1 amide bonds. The minimum Gasteiger partial charge on any atom is -0.449 e. The zero-order valence-corrected chi connectivity index (χ0v) is 16.1. The Morgan fingerprint density at radius 2 is 1.86 bits per heavy atom. The normalized spacial score (nSPS) is 20.1. The van der Waals surface area contributed by atoms with E-state index in [2.05, 4.69) is 0 Å². The van der Waals surface area contributed by atoms with Gasteiger partial charge in [0.1, 0.15) is 0 Å². The summed E-state index contributed by atoms with van der Waals surface area (Å²) in [5.74, 6) is -1.48. The topological polar surface area (TPSA) is 80.8 Å². The van der Waals surface area contributed by atoms with Crippen LogP contribution >= 0.6 is 0 Å². The first-order valence-electron chi connectivity index (χ1n) is 8.42. The smallest absolute Gasteiger partial charge is 0.416 e. The number of hydrogen-bond acceptors (Lipinski definition) is 5. The molecule has 1 aromatic carbocycles. The molecule has 2 rings (SSSR count). The number of carbonyl (C=O) groups is 2. The van der Waals surface area contributed by atoms with Crippen LogP contribution in [0.1, 0.15) is 24.5 Å². The van der Waals surface area contributed by atoms with Crippen LogP contribution in [0.25, 0.3) is 6.08 Å². The molecule has 0 unspecified atom stereocenters. The van der Waals surface area contributed by atoms with E-state index in [0.29, 0.717) is 12.0 Å². The maximum absolute atomic E-state index is 12.5. The second-order valence-electron chi connectivity index (χ2n) is 6.54. The molecule has 1 heterocycles. The van der Waals surface area contributed by atoms with Crippen molar-refractivity contribution >= 4 is 27.8 Å². The second kappa shape index (κ2) is 8.34. The monoisotopic (exact) mass is 419 g/mol. The van der Waals surface area contributed by atoms with Crippen molar-refractivity contribution < 1.29 is 35.9 Å². The van der Waals surface area contributed by atoms with Gasteiger partial charge in [0.25, 0.3) is 5.91 Å². The van der Waals surface area contributed by atoms with Gasteiger partial charge in [0.05, 0.1) is 17.1 Å². The molecule has 1 fully saturated rings. The van der Waals surface area contributed by atoms with Crippen molar-refractivity contribution in [2.75, 3.05) is 18.6 Å². The van der Waals surface area contributed by atoms with Crippen LogP contribution in [0.2, 0.25) is 0 Å². The summed E-state index contributed by atoms with van der Waals surface area (Å²) in [6.07, 6.45) is -2.96. The number of esters is 1. The van der Waals surface area contributed by atoms with Gasteiger partial charge in [-0.3, -0.25) is 4.79 Å². The summed E-state index contributed by atoms with van der Waals surface area (Å²) in [4.78, 5) is 25.4. The maximum atomic E-state index is 12.5. The van der Waals surface area contributed by atoms with Gasteiger partial charge in [0.15, 0.2) is 15.9 Å². The lowest BCUT2D eigenvalue weighted by Crippen LogP contribution is -2.44. The molecule has 0 N–H and O–H groups in total. The molecular formula is C18H20F3NO5S. The lowest BCUT2D eigenvalue weighted by Gasteiger charge is -2.26. The van der Waals surface area contributed by atoms with E-state index >= 15 is 0 Å². The van der Waals surface area contributed by atoms with Crippen molar-refractivity contribution in [3.05, 3.63) is 41.5 Å². The van der Waals surface area contributed by atoms with Crippen LogP contribution < -0.4 is 0 Å². The Hall–Kier alpha value is -2.36. The molecule has 0 radical (unpaired) electrons. The maximum Gasteiger partial charge on any atom is 0.416 e. The Balaban J connectivity index is 1.91. The van der Waals surface area contributed by atoms with Crippen LogP contribution in [0.3, 0.4) is 0 Å². The van der Waals surface area contributed by atoms with Crippen molar-refractivity contribution in [2.24, 2.45) is 0 Å². The number of hydrogen-bond donors (Lipinski definition) is 0. The van der Waals surface area contributed by atoms with Crippen molar-refractivity contribution in [3.63, 3.8) is 0 Å². The van der Waals surface area contributed by atoms with Crippen molar-refractivity contribution in [1.82, 2.24) is 4.90 Å². The van der Waals surface area contributed by atoms with Gasteiger partial charge in [0, 0.05) is 19.2 Å². The Morgan fingerprint density at radius 3 is 2.36 bits per heavy atom. The summed E-state index contributed by atoms with van der Waals surface area (Å²) in [6, 6.07) is 3.73. The minimum absolute atomic E-state index is 0.0132. The predicted octanol–water partition coefficient (Wildman–Crippen LogP) is 2.30. The Labute approximate surface area is 160 Å². The van der Waals surface area contributed by atoms with Gasteiger partial charge >= 0.3 is 12.1 Å². The van der Waals surface area contributed by atoms with E-state index in [4.69, 9.17) is 4.74 Å². The highest BCUT2D eigenvalue weighted by Gasteiger charge is 2.34. The fourth-order valence-electron chi connectivity index (χ4n) is 2.76. The van der Waals surface area contributed by atoms with Gasteiger partial charge in [-0.2, -0.15) is 13.2 Å². The molecule has 0 aliphatic carbocycles. The highest BCUT2D eigenvalue weighted by Crippen LogP contribution is 2.29. The number of alkyl halides is 3. The van der Waals surface area contributed by atoms with Crippen LogP contribution in [-0.4, -0.2) is 55.9 Å². The van der Waals surface area contributed by atoms with E-state index in [9.17, 15) is 31.2 Å². The molecule has 0 bridgehead atoms. The zero-order valence-electron chi connectivity index (χ0n) is 15.3. The molecule has 28 heavy (non-hydrogen) atoms. The molecule has 1 aliphatic heterocycles. The van der Waals surface area contributed by atoms with Crippen molar-refractivity contribution in [2.45, 2.75) is 31.7 Å². The van der Waals surface area contributed by atoms with Crippen molar-refractivity contribution in [1.29, 1.82) is 0 Å². The number of benzene rings is 1. The fraction of sp³-hybridized carbons (Fsp3) is 0.444. The fourth-order valence-corrected chi connectivity index (χ4v) is 4.53. The molecule has 154 valence electrons. The van der Waals surface area contributed by atoms with Crippen LogP contribution in [0.5, 0.6) is 0 Å². The van der Waals surface area contributed by atoms with Crippen molar-refractivity contribution in [3.8, 4) is 0 Å². The Bertz CT molecular complexity index is 862. The summed E-state index contributed by atoms with van der Waals surface area (Å²) in [5, 5.41) is 0. The summed E-state index contributed by atoms with van der Waals surface area (Å²) >= 11 is 0. The third kappa shape index (κ3) is 5.82. The molecule has 1 saturated heterocycles. The number of likely N-dealkylation sites (N-methyl/N-ethyl adjacent to an activating group) is 1. The summed E-state index contributed by atoms with van der Waals surface area (Å²) in [6.45, 7) is 1.37. The first-order valence-corrected chi connectivity index (χ1v) is 10.2. The highest BCUT2D eigenvalue weighted by molar-refractivity contribution is 7.91. The average Bonchev–Trinajstić information content (AvgIpc) is 2.98. The zero-order chi connectivity index (χ0) is 21.1. The van der Waals surface area contributed by atoms with Gasteiger partial charge in [-0.15, -0.1) is 0 Å². The number of amides is 1. The van der Waals surface area contributed by atoms with Gasteiger partial charge in [-0.1, -0.05) is 12.1 Å². The van der Waals surface area contributed by atoms with Crippen LogP contribution in [0.15, 0.2) is 30.3 Å². The van der Waals surface area contributed by atoms with E-state index < -0.39 is 45.6 Å². The number of sulfone groups is 1. The predicted molar refractivity (Wildman–Crippen MR) is 95.9 cm³/mol. The van der Waals surface area contributed by atoms with Gasteiger partial charge in [-0.05, 0) is 37.1 Å². The number of rotatable bonds is 5. The minimum atomic E-state index is -4.44. The van der Waals surface area contributed by atoms with Crippen LogP contribution in [0.4, 0.5) is 13.2 Å². The molecule has 0 aromatic heterocycles. The van der Waals surface area contributed by atoms with Gasteiger partial charge in [0.2, 0.25) is 0 Å². The lowest BCUT2D eigenvalue weighted by molar-refractivity contribution is -0.155. The van der Waals surface area contributed by atoms with Gasteiger partial charge < -0.3 is 9.64 Å². The third-order valence-corrected chi connectivity index (χ3v) is 6.14. The summed E-state index contributed by atoms with van der Waals surface area (Å²) < 4.78 is 65.6. The largest absolute Gasteiger partial charge is 0.449 e. The van der Waals surface area contributed by atoms with E-state index in [-0.39, 0.29) is 11.5 Å². The molecule has 1 aromatic rings. The average molecular weight is 419 g/mol. The standard InChI is InChI=1S/C18H20F3NO5S/c1-12(17(24)22(2)15-9-10-28(25,26)11-15)27-16(23)8-5-13-3-6-14(7-4-13)18(19,20)21/h3-8,12,15H,9-11H2,1-2H3/b8-5+/t12-,15-/m1/s1. The second-order valence-corrected chi connectivity index (χ2v) is 8.77. The van der Waals surface area contributed by atoms with E-state index in [1.807, 2.05) is 0 Å². The van der Waals surface area contributed by atoms with E-state index in [1.165, 1.54) is 37.1 Å². The molecule has 1 aliphatic rings. The first-order chi connectivity index (χ1) is 12.9. The van der Waals surface area contributed by atoms with Crippen LogP contribution in [0, 0.1) is 0 Å². The van der Waals surface area contributed by atoms with Crippen LogP contribution in [-0.2, 0) is 30.3 Å². The van der Waals surface area contributed by atoms with E-state index in [0.717, 1.165) is 18.2 Å². The SMILES string of the molecule is C[C@@H](OC(=O)/C=C/c1ccc(C(F)(F)F)cc1)C(=O)N(C)[C@@H]1CCS(=O)(=O)C1. The number of halogens is 3. The molecule has 0 saturated carbocycles. The third-order valence-electron chi connectivity index (χ3n) is 4.39. The molecule has 2 atom stereocenters. The quantitative estimate of drug-likeness (QED) is 0.541. The highest BCUT2D eigenvalue weighted by atomic mass is 32.2. The first kappa shape index (κ1) is 21.9. The van der Waals surface area contributed by atoms with E-state index in [1.54, 1.807) is 0 Å². The number of ether oxygens (including phenoxy) is 1. The van der Waals surface area contributed by atoms with Gasteiger partial charge in [-0.25, -0.2) is 13.2 Å². The number of carbonyl (C=O) groups excluding carboxylic acids is 2. The summed E-state index contributed by atoms with van der Waals surface area (Å²) in [5.41, 5.74) is -0.444. The molecule has 0 spiro atoms. The lowest BCUT2D eigenvalue weighted by atomic mass is 10.1. The molecular weight excluding hydrogens is 399 g/mol.